The van der Waals surface area contributed by atoms with Gasteiger partial charge in [-0.25, -0.2) is 4.79 Å². The van der Waals surface area contributed by atoms with Crippen LogP contribution < -0.4 is 11.1 Å². The Bertz CT molecular complexity index is 350. The summed E-state index contributed by atoms with van der Waals surface area (Å²) in [6.07, 6.45) is 6.27. The van der Waals surface area contributed by atoms with E-state index in [2.05, 4.69) is 12.2 Å². The van der Waals surface area contributed by atoms with Crippen molar-refractivity contribution in [2.45, 2.75) is 56.5 Å². The predicted molar refractivity (Wildman–Crippen MR) is 64.5 cm³/mol. The first-order valence-corrected chi connectivity index (χ1v) is 6.51. The van der Waals surface area contributed by atoms with Crippen LogP contribution in [0.5, 0.6) is 0 Å². The molecule has 4 rings (SSSR count). The highest BCUT2D eigenvalue weighted by Gasteiger charge is 2.61. The minimum Gasteiger partial charge on any atom is -0.453 e. The Hall–Kier alpha value is -0.770. The maximum Gasteiger partial charge on any atom is 0.407 e. The molecule has 4 unspecified atom stereocenters. The van der Waals surface area contributed by atoms with Crippen LogP contribution in [0.3, 0.4) is 0 Å². The Kier molecular flexibility index (Phi) is 2.11. The number of rotatable bonds is 1. The quantitative estimate of drug-likeness (QED) is 0.732. The number of alkyl carbamates (subject to hydrolysis) is 1. The molecule has 0 saturated heterocycles. The summed E-state index contributed by atoms with van der Waals surface area (Å²) < 4.78 is 4.76. The van der Waals surface area contributed by atoms with Gasteiger partial charge < -0.3 is 15.8 Å². The molecule has 4 aliphatic rings. The van der Waals surface area contributed by atoms with Crippen LogP contribution in [0.2, 0.25) is 0 Å². The third-order valence-electron chi connectivity index (χ3n) is 4.94. The van der Waals surface area contributed by atoms with Crippen molar-refractivity contribution >= 4 is 6.09 Å². The Labute approximate surface area is 102 Å². The number of carbonyl (C=O) groups excluding carboxylic acids is 1. The van der Waals surface area contributed by atoms with Crippen LogP contribution in [0.1, 0.15) is 45.4 Å². The Morgan fingerprint density at radius 2 is 2.06 bits per heavy atom. The monoisotopic (exact) mass is 238 g/mol. The zero-order valence-electron chi connectivity index (χ0n) is 10.7. The maximum absolute atomic E-state index is 11.5. The molecule has 4 atom stereocenters. The van der Waals surface area contributed by atoms with E-state index in [4.69, 9.17) is 10.5 Å². The van der Waals surface area contributed by atoms with Crippen LogP contribution in [-0.4, -0.2) is 24.3 Å². The van der Waals surface area contributed by atoms with E-state index in [-0.39, 0.29) is 17.2 Å². The zero-order valence-corrected chi connectivity index (χ0v) is 10.7. The number of nitrogens with two attached hydrogens (primary N) is 1. The highest BCUT2D eigenvalue weighted by atomic mass is 16.5. The van der Waals surface area contributed by atoms with Gasteiger partial charge in [0.2, 0.25) is 0 Å². The molecule has 0 spiro atoms. The fourth-order valence-corrected chi connectivity index (χ4v) is 5.41. The van der Waals surface area contributed by atoms with E-state index in [9.17, 15) is 4.79 Å². The normalized spacial score (nSPS) is 51.4. The third-order valence-corrected chi connectivity index (χ3v) is 4.94. The lowest BCUT2D eigenvalue weighted by atomic mass is 9.45. The van der Waals surface area contributed by atoms with Crippen molar-refractivity contribution in [2.75, 3.05) is 7.11 Å². The molecule has 17 heavy (non-hydrogen) atoms. The molecular weight excluding hydrogens is 216 g/mol. The number of ether oxygens (including phenoxy) is 1. The molecule has 4 fully saturated rings. The van der Waals surface area contributed by atoms with Gasteiger partial charge in [0, 0.05) is 11.1 Å². The Morgan fingerprint density at radius 1 is 1.29 bits per heavy atom. The number of amides is 1. The van der Waals surface area contributed by atoms with Gasteiger partial charge in [-0.05, 0) is 49.9 Å². The molecule has 4 aliphatic carbocycles. The van der Waals surface area contributed by atoms with Crippen molar-refractivity contribution in [3.63, 3.8) is 0 Å². The minimum atomic E-state index is -0.306. The van der Waals surface area contributed by atoms with Gasteiger partial charge in [-0.3, -0.25) is 0 Å². The summed E-state index contributed by atoms with van der Waals surface area (Å²) in [5.41, 5.74) is 6.67. The van der Waals surface area contributed by atoms with Gasteiger partial charge >= 0.3 is 6.09 Å². The summed E-state index contributed by atoms with van der Waals surface area (Å²) >= 11 is 0. The number of nitrogens with one attached hydrogen (secondary N) is 1. The molecule has 3 N–H and O–H groups in total. The molecule has 0 aromatic rings. The van der Waals surface area contributed by atoms with Crippen molar-refractivity contribution in [3.8, 4) is 0 Å². The average Bonchev–Trinajstić information content (AvgIpc) is 2.10. The fourth-order valence-electron chi connectivity index (χ4n) is 5.41. The van der Waals surface area contributed by atoms with E-state index in [1.54, 1.807) is 0 Å². The number of carbonyl (C=O) groups is 1. The Balaban J connectivity index is 1.89. The van der Waals surface area contributed by atoms with E-state index >= 15 is 0 Å². The molecule has 0 radical (unpaired) electrons. The van der Waals surface area contributed by atoms with Crippen LogP contribution >= 0.6 is 0 Å². The first kappa shape index (κ1) is 11.3. The smallest absolute Gasteiger partial charge is 0.407 e. The SMILES string of the molecule is COC(=O)NC12CC3CC(C)(CC(N)(C3)C1)C2. The topological polar surface area (TPSA) is 64.3 Å². The molecule has 96 valence electrons. The fraction of sp³-hybridized carbons (Fsp3) is 0.923. The van der Waals surface area contributed by atoms with Gasteiger partial charge in [0.25, 0.3) is 0 Å². The van der Waals surface area contributed by atoms with E-state index in [1.807, 2.05) is 0 Å². The second-order valence-corrected chi connectivity index (χ2v) is 7.08. The van der Waals surface area contributed by atoms with Crippen LogP contribution in [-0.2, 0) is 4.74 Å². The molecule has 4 bridgehead atoms. The summed E-state index contributed by atoms with van der Waals surface area (Å²) in [4.78, 5) is 11.5. The van der Waals surface area contributed by atoms with Gasteiger partial charge in [-0.1, -0.05) is 6.92 Å². The van der Waals surface area contributed by atoms with Crippen LogP contribution in [0.15, 0.2) is 0 Å². The van der Waals surface area contributed by atoms with E-state index in [0.717, 1.165) is 32.1 Å². The van der Waals surface area contributed by atoms with E-state index in [1.165, 1.54) is 13.5 Å². The van der Waals surface area contributed by atoms with Gasteiger partial charge in [0.05, 0.1) is 7.11 Å². The molecular formula is C13H22N2O2. The predicted octanol–water partition coefficient (Wildman–Crippen LogP) is 1.78. The second-order valence-electron chi connectivity index (χ2n) is 7.08. The molecule has 4 saturated carbocycles. The highest BCUT2D eigenvalue weighted by molar-refractivity contribution is 5.68. The number of hydrogen-bond donors (Lipinski definition) is 2. The molecule has 1 amide bonds. The van der Waals surface area contributed by atoms with Crippen LogP contribution in [0, 0.1) is 11.3 Å². The van der Waals surface area contributed by atoms with Crippen molar-refractivity contribution in [1.29, 1.82) is 0 Å². The van der Waals surface area contributed by atoms with Crippen molar-refractivity contribution < 1.29 is 9.53 Å². The summed E-state index contributed by atoms with van der Waals surface area (Å²) in [5, 5.41) is 3.08. The van der Waals surface area contributed by atoms with Gasteiger partial charge in [0.15, 0.2) is 0 Å². The molecule has 0 aromatic heterocycles. The third kappa shape index (κ3) is 1.73. The molecule has 0 aliphatic heterocycles. The van der Waals surface area contributed by atoms with E-state index < -0.39 is 0 Å². The van der Waals surface area contributed by atoms with Gasteiger partial charge in [-0.2, -0.15) is 0 Å². The molecule has 0 aromatic carbocycles. The Morgan fingerprint density at radius 3 is 2.65 bits per heavy atom. The summed E-state index contributed by atoms with van der Waals surface area (Å²) in [5.74, 6) is 0.679. The lowest BCUT2D eigenvalue weighted by Gasteiger charge is -2.64. The average molecular weight is 238 g/mol. The lowest BCUT2D eigenvalue weighted by Crippen LogP contribution is -2.70. The maximum atomic E-state index is 11.5. The largest absolute Gasteiger partial charge is 0.453 e. The number of methoxy groups -OCH3 is 1. The standard InChI is InChI=1S/C13H22N2O2/c1-11-3-9-4-12(14,6-11)8-13(5-9,7-11)15-10(16)17-2/h9H,3-8,14H2,1-2H3,(H,15,16). The first-order chi connectivity index (χ1) is 7.86. The van der Waals surface area contributed by atoms with E-state index in [0.29, 0.717) is 11.3 Å². The van der Waals surface area contributed by atoms with Gasteiger partial charge in [-0.15, -0.1) is 0 Å². The second kappa shape index (κ2) is 3.16. The molecule has 4 heteroatoms. The van der Waals surface area contributed by atoms with Gasteiger partial charge in [0.1, 0.15) is 0 Å². The summed E-state index contributed by atoms with van der Waals surface area (Å²) in [6.45, 7) is 2.33. The van der Waals surface area contributed by atoms with Crippen molar-refractivity contribution in [2.24, 2.45) is 17.1 Å². The highest BCUT2D eigenvalue weighted by Crippen LogP contribution is 2.62. The zero-order chi connectivity index (χ0) is 12.3. The minimum absolute atomic E-state index is 0.0603. The summed E-state index contributed by atoms with van der Waals surface area (Å²) in [7, 11) is 1.43. The van der Waals surface area contributed by atoms with Crippen molar-refractivity contribution in [3.05, 3.63) is 0 Å². The van der Waals surface area contributed by atoms with Crippen molar-refractivity contribution in [1.82, 2.24) is 5.32 Å². The lowest BCUT2D eigenvalue weighted by molar-refractivity contribution is -0.0823. The first-order valence-electron chi connectivity index (χ1n) is 6.51. The number of hydrogen-bond acceptors (Lipinski definition) is 3. The molecule has 0 heterocycles. The van der Waals surface area contributed by atoms with Crippen LogP contribution in [0.25, 0.3) is 0 Å². The van der Waals surface area contributed by atoms with Crippen LogP contribution in [0.4, 0.5) is 4.79 Å². The summed E-state index contributed by atoms with van der Waals surface area (Å²) in [6, 6.07) is 0. The molecule has 4 nitrogen and oxygen atoms in total.